The molecular weight excluding hydrogens is 622 g/mol. The maximum absolute atomic E-state index is 13.0. The first kappa shape index (κ1) is 40.3. The highest BCUT2D eigenvalue weighted by atomic mass is 16.5. The fourth-order valence-corrected chi connectivity index (χ4v) is 5.21. The Morgan fingerprint density at radius 2 is 1.82 bits per heavy atom. The number of carbonyl (C=O) groups is 2. The summed E-state index contributed by atoms with van der Waals surface area (Å²) in [5, 5.41) is 32.3. The molecule has 12 nitrogen and oxygen atoms in total. The third-order valence-electron chi connectivity index (χ3n) is 7.69. The van der Waals surface area contributed by atoms with Crippen molar-refractivity contribution in [1.82, 2.24) is 15.3 Å². The summed E-state index contributed by atoms with van der Waals surface area (Å²) in [6.45, 7) is 14.6. The van der Waals surface area contributed by atoms with Crippen LogP contribution in [0.5, 0.6) is 0 Å². The van der Waals surface area contributed by atoms with Crippen molar-refractivity contribution in [3.05, 3.63) is 66.0 Å². The van der Waals surface area contributed by atoms with E-state index in [1.165, 1.54) is 0 Å². The fourth-order valence-electron chi connectivity index (χ4n) is 5.21. The molecule has 1 fully saturated rings. The van der Waals surface area contributed by atoms with Crippen molar-refractivity contribution < 1.29 is 24.2 Å². The number of carbonyl (C=O) groups excluding carboxylic acids is 2. The molecule has 1 saturated heterocycles. The van der Waals surface area contributed by atoms with Gasteiger partial charge < -0.3 is 34.9 Å². The number of aliphatic hydroxyl groups is 1. The van der Waals surface area contributed by atoms with Gasteiger partial charge in [0.2, 0.25) is 5.90 Å². The summed E-state index contributed by atoms with van der Waals surface area (Å²) in [6.07, 6.45) is 4.61. The number of rotatable bonds is 12. The molecule has 0 spiro atoms. The Morgan fingerprint density at radius 1 is 1.14 bits per heavy atom. The lowest BCUT2D eigenvalue weighted by molar-refractivity contribution is -0.0980. The Balaban J connectivity index is 0.00000201. The van der Waals surface area contributed by atoms with Gasteiger partial charge in [0.25, 0.3) is 0 Å². The Bertz CT molecular complexity index is 1500. The predicted molar refractivity (Wildman–Crippen MR) is 193 cm³/mol. The first-order chi connectivity index (χ1) is 23.6. The Morgan fingerprint density at radius 3 is 2.37 bits per heavy atom. The molecule has 1 aliphatic heterocycles. The van der Waals surface area contributed by atoms with Crippen molar-refractivity contribution in [2.24, 2.45) is 5.92 Å². The van der Waals surface area contributed by atoms with Gasteiger partial charge in [-0.15, -0.1) is 0 Å². The molecular formula is C37H51N7O5. The molecule has 3 aromatic rings. The summed E-state index contributed by atoms with van der Waals surface area (Å²) in [4.78, 5) is 32.6. The first-order valence-electron chi connectivity index (χ1n) is 16.5. The third-order valence-corrected chi connectivity index (χ3v) is 7.69. The predicted octanol–water partition coefficient (Wildman–Crippen LogP) is 6.13. The van der Waals surface area contributed by atoms with E-state index in [2.05, 4.69) is 47.4 Å². The van der Waals surface area contributed by atoms with Crippen molar-refractivity contribution in [2.75, 3.05) is 43.6 Å². The maximum atomic E-state index is 13.0. The molecule has 3 heterocycles. The van der Waals surface area contributed by atoms with Crippen LogP contribution in [0.1, 0.15) is 76.4 Å². The van der Waals surface area contributed by atoms with Crippen LogP contribution in [0.25, 0.3) is 11.1 Å². The molecule has 4 rings (SSSR count). The van der Waals surface area contributed by atoms with E-state index in [4.69, 9.17) is 24.4 Å². The fraction of sp³-hybridized carbons (Fsp3) is 0.459. The van der Waals surface area contributed by atoms with Crippen molar-refractivity contribution in [1.29, 1.82) is 10.7 Å². The topological polar surface area (TPSA) is 174 Å². The molecule has 2 aromatic heterocycles. The molecule has 1 unspecified atom stereocenters. The number of nitriles is 1. The molecule has 49 heavy (non-hydrogen) atoms. The second-order valence-corrected chi connectivity index (χ2v) is 12.2. The van der Waals surface area contributed by atoms with Gasteiger partial charge in [-0.1, -0.05) is 25.1 Å². The number of nitrogens with zero attached hydrogens (tertiary/aromatic N) is 4. The van der Waals surface area contributed by atoms with Gasteiger partial charge in [-0.25, -0.2) is 14.8 Å². The minimum absolute atomic E-state index is 0.0244. The highest BCUT2D eigenvalue weighted by molar-refractivity contribution is 6.05. The van der Waals surface area contributed by atoms with E-state index < -0.39 is 5.97 Å². The number of pyridine rings is 2. The molecule has 0 bridgehead atoms. The third kappa shape index (κ3) is 12.3. The summed E-state index contributed by atoms with van der Waals surface area (Å²) < 4.78 is 11.6. The number of aliphatic hydroxyl groups excluding tert-OH is 1. The lowest BCUT2D eigenvalue weighted by atomic mass is 9.98. The summed E-state index contributed by atoms with van der Waals surface area (Å²) in [5.74, 6) is 0.619. The molecule has 0 radical (unpaired) electrons. The standard InChI is InChI=1S/C35H45N7O3.CH4O.CH2O/c1-6-27(15-18-39-35(3,4)5)45-32(37)31-28(25-13-14-30(38-23-25)42-19-16-24(22-36)17-20-42)21-29(34(43)44-7-2)41-33(31)40-26-11-9-8-10-12-26;2*1-2/h8-14,21,23-24,27,37,39H,6-7,15-20H2,1-5H3,(H,40,41);2H,1H3;1H2. The number of hydrogen-bond acceptors (Lipinski definition) is 12. The maximum Gasteiger partial charge on any atom is 0.357 e. The van der Waals surface area contributed by atoms with Crippen molar-refractivity contribution in [3.8, 4) is 17.2 Å². The Labute approximate surface area is 290 Å². The SMILES string of the molecule is C=O.CCOC(=O)c1cc(-c2ccc(N3CCC(C#N)CC3)nc2)c(C(=N)OC(CC)CCNC(C)(C)C)c(Nc2ccccc2)n1.CO. The van der Waals surface area contributed by atoms with E-state index in [0.717, 1.165) is 63.9 Å². The number of piperidine rings is 1. The van der Waals surface area contributed by atoms with Crippen molar-refractivity contribution in [3.63, 3.8) is 0 Å². The average Bonchev–Trinajstić information content (AvgIpc) is 3.12. The zero-order valence-electron chi connectivity index (χ0n) is 29.6. The lowest BCUT2D eigenvalue weighted by Crippen LogP contribution is -2.38. The van der Waals surface area contributed by atoms with Gasteiger partial charge in [-0.3, -0.25) is 5.41 Å². The van der Waals surface area contributed by atoms with Crippen LogP contribution in [-0.4, -0.2) is 78.7 Å². The number of nitrogens with one attached hydrogen (secondary N) is 3. The molecule has 4 N–H and O–H groups in total. The normalized spacial score (nSPS) is 13.4. The highest BCUT2D eigenvalue weighted by Gasteiger charge is 2.26. The molecule has 1 aliphatic rings. The molecule has 1 aromatic carbocycles. The van der Waals surface area contributed by atoms with Crippen LogP contribution in [0.3, 0.4) is 0 Å². The number of esters is 1. The van der Waals surface area contributed by atoms with Gasteiger partial charge >= 0.3 is 5.97 Å². The second kappa shape index (κ2) is 20.5. The van der Waals surface area contributed by atoms with E-state index in [1.807, 2.05) is 56.2 Å². The van der Waals surface area contributed by atoms with Crippen LogP contribution in [-0.2, 0) is 14.3 Å². The quantitative estimate of drug-likeness (QED) is 0.0990. The van der Waals surface area contributed by atoms with Crippen LogP contribution in [0.2, 0.25) is 0 Å². The van der Waals surface area contributed by atoms with Gasteiger partial charge in [-0.2, -0.15) is 5.26 Å². The first-order valence-corrected chi connectivity index (χ1v) is 16.5. The zero-order valence-corrected chi connectivity index (χ0v) is 29.6. The smallest absolute Gasteiger partial charge is 0.357 e. The monoisotopic (exact) mass is 673 g/mol. The average molecular weight is 674 g/mol. The molecule has 264 valence electrons. The van der Waals surface area contributed by atoms with Gasteiger partial charge in [0.05, 0.1) is 18.2 Å². The Hall–Kier alpha value is -4.86. The number of benzene rings is 1. The number of aromatic nitrogens is 2. The van der Waals surface area contributed by atoms with Gasteiger partial charge in [0.15, 0.2) is 5.69 Å². The van der Waals surface area contributed by atoms with Crippen molar-refractivity contribution >= 4 is 36.0 Å². The number of ether oxygens (including phenoxy) is 2. The van der Waals surface area contributed by atoms with Crippen LogP contribution < -0.4 is 15.5 Å². The number of hydrogen-bond donors (Lipinski definition) is 4. The van der Waals surface area contributed by atoms with Gasteiger partial charge in [-0.05, 0) is 90.3 Å². The largest absolute Gasteiger partial charge is 0.474 e. The molecule has 0 amide bonds. The van der Waals surface area contributed by atoms with E-state index in [1.54, 1.807) is 19.2 Å². The summed E-state index contributed by atoms with van der Waals surface area (Å²) in [7, 11) is 1.00. The second-order valence-electron chi connectivity index (χ2n) is 12.2. The van der Waals surface area contributed by atoms with Crippen molar-refractivity contribution in [2.45, 2.75) is 71.9 Å². The van der Waals surface area contributed by atoms with E-state index in [0.29, 0.717) is 22.5 Å². The van der Waals surface area contributed by atoms with Crippen LogP contribution in [0.4, 0.5) is 17.3 Å². The summed E-state index contributed by atoms with van der Waals surface area (Å²) in [6, 6.07) is 17.4. The van der Waals surface area contributed by atoms with E-state index >= 15 is 0 Å². The molecule has 0 saturated carbocycles. The van der Waals surface area contributed by atoms with E-state index in [9.17, 15) is 15.5 Å². The minimum atomic E-state index is -0.557. The molecule has 12 heteroatoms. The minimum Gasteiger partial charge on any atom is -0.474 e. The van der Waals surface area contributed by atoms with Crippen LogP contribution >= 0.6 is 0 Å². The number of para-hydroxylation sites is 1. The molecule has 1 atom stereocenters. The van der Waals surface area contributed by atoms with Crippen LogP contribution in [0.15, 0.2) is 54.7 Å². The number of anilines is 3. The van der Waals surface area contributed by atoms with Gasteiger partial charge in [0, 0.05) is 54.7 Å². The molecule has 0 aliphatic carbocycles. The summed E-state index contributed by atoms with van der Waals surface area (Å²) >= 11 is 0. The highest BCUT2D eigenvalue weighted by Crippen LogP contribution is 2.33. The van der Waals surface area contributed by atoms with Crippen LogP contribution in [0, 0.1) is 22.7 Å². The lowest BCUT2D eigenvalue weighted by Gasteiger charge is -2.30. The zero-order chi connectivity index (χ0) is 36.4. The van der Waals surface area contributed by atoms with Gasteiger partial charge in [0.1, 0.15) is 24.5 Å². The van der Waals surface area contributed by atoms with E-state index in [-0.39, 0.29) is 35.8 Å². The summed E-state index contributed by atoms with van der Waals surface area (Å²) in [5.41, 5.74) is 2.57. The Kier molecular flexibility index (Phi) is 16.9.